The molecule has 1 unspecified atom stereocenters. The van der Waals surface area contributed by atoms with Crippen LogP contribution < -0.4 is 14.4 Å². The van der Waals surface area contributed by atoms with E-state index in [-0.39, 0.29) is 11.4 Å². The Balaban J connectivity index is 2.06. The van der Waals surface area contributed by atoms with Crippen LogP contribution in [0, 0.1) is 11.6 Å². The lowest BCUT2D eigenvalue weighted by Crippen LogP contribution is -2.51. The third-order valence-electron chi connectivity index (χ3n) is 4.04. The molecule has 0 spiro atoms. The Kier molecular flexibility index (Phi) is 5.31. The maximum absolute atomic E-state index is 14.1. The van der Waals surface area contributed by atoms with Crippen molar-refractivity contribution in [1.29, 1.82) is 0 Å². The van der Waals surface area contributed by atoms with Gasteiger partial charge in [0.05, 0.1) is 12.2 Å². The van der Waals surface area contributed by atoms with Crippen LogP contribution in [-0.2, 0) is 14.8 Å². The van der Waals surface area contributed by atoms with E-state index in [1.165, 1.54) is 12.1 Å². The third kappa shape index (κ3) is 3.59. The van der Waals surface area contributed by atoms with Gasteiger partial charge < -0.3 is 10.1 Å². The Morgan fingerprint density at radius 1 is 1.19 bits per heavy atom. The second-order valence-electron chi connectivity index (χ2n) is 5.95. The van der Waals surface area contributed by atoms with Gasteiger partial charge in [0.1, 0.15) is 17.4 Å². The molecule has 0 bridgehead atoms. The van der Waals surface area contributed by atoms with Crippen molar-refractivity contribution >= 4 is 21.6 Å². The molecule has 3 rings (SSSR count). The summed E-state index contributed by atoms with van der Waals surface area (Å²) in [6.45, 7) is 1.87. The predicted molar refractivity (Wildman–Crippen MR) is 95.0 cm³/mol. The van der Waals surface area contributed by atoms with Crippen molar-refractivity contribution in [2.45, 2.75) is 24.3 Å². The van der Waals surface area contributed by atoms with Crippen LogP contribution in [0.5, 0.6) is 5.75 Å². The monoisotopic (exact) mass is 396 g/mol. The van der Waals surface area contributed by atoms with Gasteiger partial charge >= 0.3 is 0 Å². The van der Waals surface area contributed by atoms with Gasteiger partial charge in [-0.3, -0.25) is 9.10 Å². The zero-order valence-corrected chi connectivity index (χ0v) is 15.3. The first kappa shape index (κ1) is 19.1. The van der Waals surface area contributed by atoms with Crippen molar-refractivity contribution in [3.05, 3.63) is 54.1 Å². The van der Waals surface area contributed by atoms with Crippen molar-refractivity contribution in [2.75, 3.05) is 17.4 Å². The summed E-state index contributed by atoms with van der Waals surface area (Å²) >= 11 is 0. The van der Waals surface area contributed by atoms with E-state index in [2.05, 4.69) is 5.32 Å². The number of amides is 1. The number of nitrogens with one attached hydrogen (secondary N) is 1. The van der Waals surface area contributed by atoms with Gasteiger partial charge in [-0.2, -0.15) is 0 Å². The first-order valence-corrected chi connectivity index (χ1v) is 9.80. The number of carbonyl (C=O) groups is 1. The number of nitrogens with zero attached hydrogens (tertiary/aromatic N) is 1. The third-order valence-corrected chi connectivity index (χ3v) is 5.88. The summed E-state index contributed by atoms with van der Waals surface area (Å²) in [6, 6.07) is 8.94. The summed E-state index contributed by atoms with van der Waals surface area (Å²) in [5, 5.41) is 2.63. The van der Waals surface area contributed by atoms with E-state index in [1.54, 1.807) is 12.1 Å². The molecule has 0 radical (unpaired) electrons. The molecule has 1 heterocycles. The largest absolute Gasteiger partial charge is 0.476 e. The normalized spacial score (nSPS) is 16.4. The van der Waals surface area contributed by atoms with Crippen LogP contribution in [-0.4, -0.2) is 33.5 Å². The van der Waals surface area contributed by atoms with Crippen molar-refractivity contribution in [1.82, 2.24) is 5.32 Å². The second kappa shape index (κ2) is 7.51. The number of rotatable bonds is 5. The Morgan fingerprint density at radius 2 is 1.85 bits per heavy atom. The SMILES string of the molecule is CCCNC(=O)C1CN(S(=O)(=O)c2c(F)cccc2F)c2ccccc2O1. The molecule has 1 atom stereocenters. The minimum atomic E-state index is -4.60. The van der Waals surface area contributed by atoms with E-state index in [0.717, 1.165) is 22.5 Å². The molecule has 144 valence electrons. The lowest BCUT2D eigenvalue weighted by atomic mass is 10.2. The Bertz CT molecular complexity index is 945. The van der Waals surface area contributed by atoms with E-state index in [4.69, 9.17) is 4.74 Å². The number of anilines is 1. The molecular weight excluding hydrogens is 378 g/mol. The summed E-state index contributed by atoms with van der Waals surface area (Å²) < 4.78 is 60.8. The Morgan fingerprint density at radius 3 is 2.52 bits per heavy atom. The molecule has 6 nitrogen and oxygen atoms in total. The number of para-hydroxylation sites is 2. The van der Waals surface area contributed by atoms with Crippen molar-refractivity contribution in [3.8, 4) is 5.75 Å². The first-order valence-electron chi connectivity index (χ1n) is 8.36. The zero-order valence-electron chi connectivity index (χ0n) is 14.5. The number of ether oxygens (including phenoxy) is 1. The summed E-state index contributed by atoms with van der Waals surface area (Å²) in [5.74, 6) is -2.77. The molecule has 0 aliphatic carbocycles. The van der Waals surface area contributed by atoms with Crippen LogP contribution in [0.15, 0.2) is 47.4 Å². The van der Waals surface area contributed by atoms with Gasteiger partial charge in [0.25, 0.3) is 15.9 Å². The lowest BCUT2D eigenvalue weighted by Gasteiger charge is -2.34. The quantitative estimate of drug-likeness (QED) is 0.842. The highest BCUT2D eigenvalue weighted by molar-refractivity contribution is 7.92. The topological polar surface area (TPSA) is 75.7 Å². The molecule has 1 aliphatic heterocycles. The number of carbonyl (C=O) groups excluding carboxylic acids is 1. The standard InChI is InChI=1S/C18H18F2N2O4S/c1-2-10-21-18(23)16-11-22(14-8-3-4-9-15(14)26-16)27(24,25)17-12(19)6-5-7-13(17)20/h3-9,16H,2,10-11H2,1H3,(H,21,23). The highest BCUT2D eigenvalue weighted by Crippen LogP contribution is 2.37. The maximum Gasteiger partial charge on any atom is 0.270 e. The fraction of sp³-hybridized carbons (Fsp3) is 0.278. The molecule has 0 saturated carbocycles. The summed E-state index contributed by atoms with van der Waals surface area (Å²) in [4.78, 5) is 11.2. The average molecular weight is 396 g/mol. The molecule has 0 fully saturated rings. The summed E-state index contributed by atoms with van der Waals surface area (Å²) in [7, 11) is -4.60. The van der Waals surface area contributed by atoms with E-state index >= 15 is 0 Å². The molecule has 2 aromatic rings. The number of sulfonamides is 1. The highest BCUT2D eigenvalue weighted by Gasteiger charge is 2.39. The Hall–Kier alpha value is -2.68. The van der Waals surface area contributed by atoms with Crippen LogP contribution in [0.2, 0.25) is 0 Å². The number of hydrogen-bond acceptors (Lipinski definition) is 4. The van der Waals surface area contributed by atoms with Crippen molar-refractivity contribution in [2.24, 2.45) is 0 Å². The predicted octanol–water partition coefficient (Wildman–Crippen LogP) is 2.45. The van der Waals surface area contributed by atoms with Crippen LogP contribution in [0.1, 0.15) is 13.3 Å². The van der Waals surface area contributed by atoms with E-state index in [0.29, 0.717) is 13.0 Å². The van der Waals surface area contributed by atoms with Crippen LogP contribution in [0.4, 0.5) is 14.5 Å². The molecule has 1 N–H and O–H groups in total. The van der Waals surface area contributed by atoms with Crippen molar-refractivity contribution in [3.63, 3.8) is 0 Å². The fourth-order valence-electron chi connectivity index (χ4n) is 2.77. The number of halogens is 2. The van der Waals surface area contributed by atoms with Gasteiger partial charge in [-0.25, -0.2) is 17.2 Å². The molecule has 1 aliphatic rings. The smallest absolute Gasteiger partial charge is 0.270 e. The van der Waals surface area contributed by atoms with Gasteiger partial charge in [0, 0.05) is 6.54 Å². The maximum atomic E-state index is 14.1. The van der Waals surface area contributed by atoms with Crippen LogP contribution in [0.25, 0.3) is 0 Å². The van der Waals surface area contributed by atoms with Crippen LogP contribution in [0.3, 0.4) is 0 Å². The van der Waals surface area contributed by atoms with Gasteiger partial charge in [-0.05, 0) is 30.7 Å². The molecular formula is C18H18F2N2O4S. The fourth-order valence-corrected chi connectivity index (χ4v) is 4.36. The molecule has 1 amide bonds. The minimum Gasteiger partial charge on any atom is -0.476 e. The van der Waals surface area contributed by atoms with E-state index < -0.39 is 45.1 Å². The van der Waals surface area contributed by atoms with E-state index in [1.807, 2.05) is 6.92 Å². The number of fused-ring (bicyclic) bond motifs is 1. The van der Waals surface area contributed by atoms with Crippen molar-refractivity contribution < 1.29 is 26.7 Å². The highest BCUT2D eigenvalue weighted by atomic mass is 32.2. The summed E-state index contributed by atoms with van der Waals surface area (Å²) in [5.41, 5.74) is 0.111. The average Bonchev–Trinajstić information content (AvgIpc) is 2.64. The first-order chi connectivity index (χ1) is 12.9. The lowest BCUT2D eigenvalue weighted by molar-refractivity contribution is -0.127. The molecule has 27 heavy (non-hydrogen) atoms. The molecule has 9 heteroatoms. The van der Waals surface area contributed by atoms with Gasteiger partial charge in [0.2, 0.25) is 0 Å². The minimum absolute atomic E-state index is 0.111. The number of hydrogen-bond donors (Lipinski definition) is 1. The van der Waals surface area contributed by atoms with E-state index in [9.17, 15) is 22.0 Å². The summed E-state index contributed by atoms with van der Waals surface area (Å²) in [6.07, 6.45) is -0.451. The molecule has 0 aromatic heterocycles. The number of benzene rings is 2. The second-order valence-corrected chi connectivity index (χ2v) is 7.75. The molecule has 2 aromatic carbocycles. The van der Waals surface area contributed by atoms with Gasteiger partial charge in [-0.1, -0.05) is 25.1 Å². The van der Waals surface area contributed by atoms with Crippen LogP contribution >= 0.6 is 0 Å². The zero-order chi connectivity index (χ0) is 19.6. The Labute approximate surface area is 155 Å². The molecule has 0 saturated heterocycles. The van der Waals surface area contributed by atoms with Gasteiger partial charge in [-0.15, -0.1) is 0 Å². The van der Waals surface area contributed by atoms with Gasteiger partial charge in [0.15, 0.2) is 11.0 Å².